The van der Waals surface area contributed by atoms with E-state index in [-0.39, 0.29) is 0 Å². The topological polar surface area (TPSA) is 60.7 Å². The highest BCUT2D eigenvalue weighted by molar-refractivity contribution is 7.75. The minimum absolute atomic E-state index is 0.519. The summed E-state index contributed by atoms with van der Waals surface area (Å²) in [5.41, 5.74) is 0. The van der Waals surface area contributed by atoms with Gasteiger partial charge in [0, 0.05) is 13.9 Å². The van der Waals surface area contributed by atoms with Gasteiger partial charge in [-0.2, -0.15) is 0 Å². The Kier molecular flexibility index (Phi) is 15.9. The molecule has 0 saturated carbocycles. The standard InChI is InChI=1S/C13H30P.BH3O3/c1-5-8-11-14(4,12-9-6-2)13-10-7-3;2-1(3)4/h5-13H2,1-4H3;2-4H/q+1;. The van der Waals surface area contributed by atoms with Crippen LogP contribution in [0.25, 0.3) is 0 Å². The Morgan fingerprint density at radius 1 is 0.722 bits per heavy atom. The fraction of sp³-hybridized carbons (Fsp3) is 1.00. The second kappa shape index (κ2) is 13.8. The van der Waals surface area contributed by atoms with Gasteiger partial charge in [-0.15, -0.1) is 0 Å². The maximum atomic E-state index is 7.17. The number of hydrogen-bond acceptors (Lipinski definition) is 3. The fourth-order valence-electron chi connectivity index (χ4n) is 1.95. The summed E-state index contributed by atoms with van der Waals surface area (Å²) in [6.45, 7) is 9.59. The molecule has 0 radical (unpaired) electrons. The normalized spacial score (nSPS) is 10.8. The van der Waals surface area contributed by atoms with Crippen molar-refractivity contribution in [3.8, 4) is 0 Å². The van der Waals surface area contributed by atoms with Crippen molar-refractivity contribution in [2.75, 3.05) is 25.2 Å². The molecule has 0 unspecified atom stereocenters. The van der Waals surface area contributed by atoms with E-state index in [0.717, 1.165) is 0 Å². The van der Waals surface area contributed by atoms with E-state index in [1.165, 1.54) is 38.5 Å². The van der Waals surface area contributed by atoms with E-state index >= 15 is 0 Å². The van der Waals surface area contributed by atoms with Crippen LogP contribution < -0.4 is 0 Å². The smallest absolute Gasteiger partial charge is 0.402 e. The summed E-state index contributed by atoms with van der Waals surface area (Å²) in [6.07, 6.45) is 13.2. The van der Waals surface area contributed by atoms with Gasteiger partial charge in [0.2, 0.25) is 0 Å². The summed E-state index contributed by atoms with van der Waals surface area (Å²) in [5, 5.41) is 21.5. The van der Waals surface area contributed by atoms with Crippen molar-refractivity contribution >= 4 is 14.6 Å². The Balaban J connectivity index is 0. The van der Waals surface area contributed by atoms with Crippen LogP contribution in [0.1, 0.15) is 59.3 Å². The van der Waals surface area contributed by atoms with Crippen molar-refractivity contribution in [2.24, 2.45) is 0 Å². The molecule has 0 bridgehead atoms. The third kappa shape index (κ3) is 16.4. The number of rotatable bonds is 9. The van der Waals surface area contributed by atoms with E-state index in [0.29, 0.717) is 0 Å². The van der Waals surface area contributed by atoms with Gasteiger partial charge < -0.3 is 15.1 Å². The van der Waals surface area contributed by atoms with E-state index in [1.54, 1.807) is 18.5 Å². The zero-order chi connectivity index (χ0) is 14.4. The first kappa shape index (κ1) is 20.7. The average Bonchev–Trinajstić information content (AvgIpc) is 2.31. The van der Waals surface area contributed by atoms with Gasteiger partial charge in [0.15, 0.2) is 0 Å². The van der Waals surface area contributed by atoms with Crippen LogP contribution in [0, 0.1) is 0 Å². The van der Waals surface area contributed by atoms with Crippen LogP contribution >= 0.6 is 7.26 Å². The van der Waals surface area contributed by atoms with E-state index in [1.807, 2.05) is 0 Å². The van der Waals surface area contributed by atoms with Crippen LogP contribution in [0.3, 0.4) is 0 Å². The molecule has 3 nitrogen and oxygen atoms in total. The van der Waals surface area contributed by atoms with Crippen LogP contribution in [-0.4, -0.2) is 47.5 Å². The molecular formula is C13H33BO3P+. The van der Waals surface area contributed by atoms with Crippen LogP contribution in [0.15, 0.2) is 0 Å². The third-order valence-corrected chi connectivity index (χ3v) is 7.34. The second-order valence-electron chi connectivity index (χ2n) is 5.20. The first-order valence-corrected chi connectivity index (χ1v) is 10.1. The molecule has 5 heteroatoms. The molecule has 0 aromatic carbocycles. The number of hydrogen-bond donors (Lipinski definition) is 3. The van der Waals surface area contributed by atoms with Crippen LogP contribution in [0.2, 0.25) is 0 Å². The molecule has 0 rings (SSSR count). The minimum atomic E-state index is -2.17. The quantitative estimate of drug-likeness (QED) is 0.449. The van der Waals surface area contributed by atoms with E-state index in [4.69, 9.17) is 15.1 Å². The van der Waals surface area contributed by atoms with Gasteiger partial charge in [-0.3, -0.25) is 0 Å². The summed E-state index contributed by atoms with van der Waals surface area (Å²) in [4.78, 5) is 0. The van der Waals surface area contributed by atoms with Crippen molar-refractivity contribution < 1.29 is 15.1 Å². The predicted molar refractivity (Wildman–Crippen MR) is 84.6 cm³/mol. The first-order chi connectivity index (χ1) is 8.41. The summed E-state index contributed by atoms with van der Waals surface area (Å²) in [6, 6.07) is 0. The lowest BCUT2D eigenvalue weighted by Crippen LogP contribution is -2.07. The van der Waals surface area contributed by atoms with Gasteiger partial charge in [-0.1, -0.05) is 40.0 Å². The van der Waals surface area contributed by atoms with Crippen molar-refractivity contribution in [2.45, 2.75) is 59.3 Å². The lowest BCUT2D eigenvalue weighted by Gasteiger charge is -2.22. The van der Waals surface area contributed by atoms with Crippen LogP contribution in [0.5, 0.6) is 0 Å². The molecule has 0 amide bonds. The monoisotopic (exact) mass is 279 g/mol. The Bertz CT molecular complexity index is 144. The maximum Gasteiger partial charge on any atom is 0.631 e. The van der Waals surface area contributed by atoms with Gasteiger partial charge in [-0.25, -0.2) is 0 Å². The second-order valence-corrected chi connectivity index (χ2v) is 9.78. The molecule has 0 spiro atoms. The molecule has 0 fully saturated rings. The summed E-state index contributed by atoms with van der Waals surface area (Å²) >= 11 is 0. The molecule has 0 aliphatic heterocycles. The largest absolute Gasteiger partial charge is 0.631 e. The molecular weight excluding hydrogens is 246 g/mol. The maximum absolute atomic E-state index is 7.17. The molecule has 0 aromatic heterocycles. The van der Waals surface area contributed by atoms with Crippen molar-refractivity contribution in [1.29, 1.82) is 0 Å². The summed E-state index contributed by atoms with van der Waals surface area (Å²) in [5.74, 6) is 0. The highest BCUT2D eigenvalue weighted by atomic mass is 31.2. The third-order valence-electron chi connectivity index (χ3n) is 3.15. The van der Waals surface area contributed by atoms with E-state index < -0.39 is 14.6 Å². The molecule has 0 saturated heterocycles. The molecule has 0 atom stereocenters. The minimum Gasteiger partial charge on any atom is -0.402 e. The van der Waals surface area contributed by atoms with Gasteiger partial charge >= 0.3 is 7.32 Å². The predicted octanol–water partition coefficient (Wildman–Crippen LogP) is 2.98. The molecule has 0 heterocycles. The molecule has 18 heavy (non-hydrogen) atoms. The molecule has 0 aromatic rings. The highest BCUT2D eigenvalue weighted by Crippen LogP contribution is 2.57. The Labute approximate surface area is 115 Å². The lowest BCUT2D eigenvalue weighted by atomic mass is 10.3. The Morgan fingerprint density at radius 3 is 1.11 bits per heavy atom. The van der Waals surface area contributed by atoms with E-state index in [2.05, 4.69) is 27.4 Å². The summed E-state index contributed by atoms with van der Waals surface area (Å²) < 4.78 is 0. The molecule has 0 aliphatic rings. The van der Waals surface area contributed by atoms with Gasteiger partial charge in [0.05, 0.1) is 18.5 Å². The SMILES string of the molecule is CCCC[P+](C)(CCCC)CCCC.OB(O)O. The van der Waals surface area contributed by atoms with Gasteiger partial charge in [0.1, 0.15) is 0 Å². The van der Waals surface area contributed by atoms with E-state index in [9.17, 15) is 0 Å². The Hall–Kier alpha value is 0.375. The number of unbranched alkanes of at least 4 members (excludes halogenated alkanes) is 3. The zero-order valence-corrected chi connectivity index (χ0v) is 13.6. The zero-order valence-electron chi connectivity index (χ0n) is 12.7. The van der Waals surface area contributed by atoms with Crippen LogP contribution in [0.4, 0.5) is 0 Å². The lowest BCUT2D eigenvalue weighted by molar-refractivity contribution is 0.278. The fourth-order valence-corrected chi connectivity index (χ4v) is 5.86. The average molecular weight is 279 g/mol. The van der Waals surface area contributed by atoms with Crippen LogP contribution in [-0.2, 0) is 0 Å². The van der Waals surface area contributed by atoms with Gasteiger partial charge in [-0.05, 0) is 19.3 Å². The molecule has 3 N–H and O–H groups in total. The molecule has 110 valence electrons. The highest BCUT2D eigenvalue weighted by Gasteiger charge is 2.28. The van der Waals surface area contributed by atoms with Crippen molar-refractivity contribution in [1.82, 2.24) is 0 Å². The summed E-state index contributed by atoms with van der Waals surface area (Å²) in [7, 11) is -2.69. The van der Waals surface area contributed by atoms with Crippen molar-refractivity contribution in [3.05, 3.63) is 0 Å². The first-order valence-electron chi connectivity index (χ1n) is 7.29. The molecule has 0 aliphatic carbocycles. The Morgan fingerprint density at radius 2 is 0.944 bits per heavy atom. The van der Waals surface area contributed by atoms with Gasteiger partial charge in [0.25, 0.3) is 0 Å². The van der Waals surface area contributed by atoms with Crippen molar-refractivity contribution in [3.63, 3.8) is 0 Å².